The highest BCUT2D eigenvalue weighted by molar-refractivity contribution is 9.11. The zero-order chi connectivity index (χ0) is 11.9. The fourth-order valence-electron chi connectivity index (χ4n) is 1.20. The molecule has 0 saturated heterocycles. The summed E-state index contributed by atoms with van der Waals surface area (Å²) < 4.78 is 6.83. The van der Waals surface area contributed by atoms with Gasteiger partial charge in [0.05, 0.1) is 6.61 Å². The van der Waals surface area contributed by atoms with E-state index in [0.717, 1.165) is 13.0 Å². The van der Waals surface area contributed by atoms with Crippen molar-refractivity contribution in [1.29, 1.82) is 0 Å². The van der Waals surface area contributed by atoms with Gasteiger partial charge in [-0.25, -0.2) is 0 Å². The van der Waals surface area contributed by atoms with E-state index in [1.807, 2.05) is 0 Å². The van der Waals surface area contributed by atoms with Crippen molar-refractivity contribution in [1.82, 2.24) is 0 Å². The Hall–Kier alpha value is 0.397. The molecule has 0 aromatic rings. The maximum atomic E-state index is 5.63. The Bertz CT molecular complexity index is 194. The van der Waals surface area contributed by atoms with Crippen LogP contribution in [0, 0.1) is 5.41 Å². The number of halogens is 1. The van der Waals surface area contributed by atoms with Crippen LogP contribution in [0.4, 0.5) is 0 Å². The third kappa shape index (κ3) is 12.3. The second-order valence-corrected chi connectivity index (χ2v) is 8.91. The van der Waals surface area contributed by atoms with Gasteiger partial charge in [-0.3, -0.25) is 0 Å². The summed E-state index contributed by atoms with van der Waals surface area (Å²) >= 11 is 3.55. The standard InChI is InChI=1S/C12H25BrOSi/c1-12(2,3)9-7-6-8-11(13)10-14-15(4)5/h8,15H,6-7,9-10H2,1-5H3. The Balaban J connectivity index is 3.59. The molecular weight excluding hydrogens is 268 g/mol. The van der Waals surface area contributed by atoms with Crippen molar-refractivity contribution in [2.24, 2.45) is 5.41 Å². The molecule has 0 N–H and O–H groups in total. The number of rotatable bonds is 6. The fourth-order valence-corrected chi connectivity index (χ4v) is 2.31. The Morgan fingerprint density at radius 1 is 1.33 bits per heavy atom. The van der Waals surface area contributed by atoms with E-state index in [2.05, 4.69) is 55.9 Å². The van der Waals surface area contributed by atoms with Gasteiger partial charge in [0.2, 0.25) is 0 Å². The summed E-state index contributed by atoms with van der Waals surface area (Å²) in [5.41, 5.74) is 0.460. The number of allylic oxidation sites excluding steroid dienone is 1. The van der Waals surface area contributed by atoms with Gasteiger partial charge >= 0.3 is 0 Å². The molecule has 0 aliphatic carbocycles. The van der Waals surface area contributed by atoms with Gasteiger partial charge in [-0.05, 0) is 37.8 Å². The Labute approximate surface area is 105 Å². The van der Waals surface area contributed by atoms with Crippen LogP contribution >= 0.6 is 15.9 Å². The largest absolute Gasteiger partial charge is 0.416 e. The van der Waals surface area contributed by atoms with E-state index in [0.29, 0.717) is 5.41 Å². The van der Waals surface area contributed by atoms with Crippen molar-refractivity contribution in [2.45, 2.75) is 53.1 Å². The molecule has 0 saturated carbocycles. The van der Waals surface area contributed by atoms with Gasteiger partial charge in [0.1, 0.15) is 0 Å². The quantitative estimate of drug-likeness (QED) is 0.518. The Morgan fingerprint density at radius 3 is 2.40 bits per heavy atom. The molecule has 15 heavy (non-hydrogen) atoms. The molecule has 0 fully saturated rings. The third-order valence-corrected chi connectivity index (χ3v) is 3.44. The molecule has 0 aromatic heterocycles. The predicted molar refractivity (Wildman–Crippen MR) is 75.1 cm³/mol. The molecule has 3 heteroatoms. The summed E-state index contributed by atoms with van der Waals surface area (Å²) in [6.45, 7) is 12.0. The normalized spacial score (nSPS) is 13.7. The number of hydrogen-bond acceptors (Lipinski definition) is 1. The van der Waals surface area contributed by atoms with E-state index in [1.54, 1.807) is 0 Å². The maximum Gasteiger partial charge on any atom is 0.171 e. The number of unbranched alkanes of at least 4 members (excludes halogenated alkanes) is 1. The minimum atomic E-state index is -0.866. The zero-order valence-corrected chi connectivity index (χ0v) is 13.5. The monoisotopic (exact) mass is 292 g/mol. The second kappa shape index (κ2) is 7.63. The Morgan fingerprint density at radius 2 is 1.93 bits per heavy atom. The van der Waals surface area contributed by atoms with Crippen LogP contribution < -0.4 is 0 Å². The van der Waals surface area contributed by atoms with Crippen LogP contribution in [-0.2, 0) is 4.43 Å². The third-order valence-electron chi connectivity index (χ3n) is 2.05. The minimum Gasteiger partial charge on any atom is -0.416 e. The minimum absolute atomic E-state index is 0.460. The van der Waals surface area contributed by atoms with Crippen molar-refractivity contribution in [3.05, 3.63) is 10.6 Å². The first-order chi connectivity index (χ1) is 6.81. The van der Waals surface area contributed by atoms with E-state index >= 15 is 0 Å². The van der Waals surface area contributed by atoms with Crippen LogP contribution in [0.2, 0.25) is 13.1 Å². The summed E-state index contributed by atoms with van der Waals surface area (Å²) in [4.78, 5) is 0. The second-order valence-electron chi connectivity index (χ2n) is 5.46. The lowest BCUT2D eigenvalue weighted by Gasteiger charge is -2.16. The average Bonchev–Trinajstić information content (AvgIpc) is 2.07. The van der Waals surface area contributed by atoms with Crippen LogP contribution in [0.25, 0.3) is 0 Å². The van der Waals surface area contributed by atoms with E-state index < -0.39 is 9.04 Å². The van der Waals surface area contributed by atoms with Gasteiger partial charge in [0.15, 0.2) is 9.04 Å². The Kier molecular flexibility index (Phi) is 7.84. The molecule has 1 nitrogen and oxygen atoms in total. The molecule has 0 unspecified atom stereocenters. The smallest absolute Gasteiger partial charge is 0.171 e. The maximum absolute atomic E-state index is 5.63. The highest BCUT2D eigenvalue weighted by Gasteiger charge is 2.08. The topological polar surface area (TPSA) is 9.23 Å². The highest BCUT2D eigenvalue weighted by atomic mass is 79.9. The van der Waals surface area contributed by atoms with E-state index in [-0.39, 0.29) is 0 Å². The van der Waals surface area contributed by atoms with Crippen molar-refractivity contribution >= 4 is 25.0 Å². The van der Waals surface area contributed by atoms with Crippen molar-refractivity contribution in [2.75, 3.05) is 6.61 Å². The van der Waals surface area contributed by atoms with Crippen LogP contribution in [-0.4, -0.2) is 15.6 Å². The first-order valence-electron chi connectivity index (χ1n) is 5.77. The van der Waals surface area contributed by atoms with Gasteiger partial charge in [-0.2, -0.15) is 0 Å². The molecule has 0 amide bonds. The lowest BCUT2D eigenvalue weighted by atomic mass is 9.90. The molecule has 0 aromatic carbocycles. The first-order valence-corrected chi connectivity index (χ1v) is 9.35. The molecule has 90 valence electrons. The predicted octanol–water partition coefficient (Wildman–Crippen LogP) is 4.48. The van der Waals surface area contributed by atoms with Gasteiger partial charge < -0.3 is 4.43 Å². The molecule has 0 rings (SSSR count). The molecule has 0 aliphatic rings. The van der Waals surface area contributed by atoms with Crippen molar-refractivity contribution < 1.29 is 4.43 Å². The van der Waals surface area contributed by atoms with Gasteiger partial charge in [0.25, 0.3) is 0 Å². The van der Waals surface area contributed by atoms with Gasteiger partial charge in [-0.1, -0.05) is 42.8 Å². The number of hydrogen-bond donors (Lipinski definition) is 0. The molecule has 0 spiro atoms. The molecule has 0 atom stereocenters. The lowest BCUT2D eigenvalue weighted by Crippen LogP contribution is -2.08. The summed E-state index contributed by atoms with van der Waals surface area (Å²) in [7, 11) is -0.866. The molecule has 0 heterocycles. The van der Waals surface area contributed by atoms with Crippen LogP contribution in [0.3, 0.4) is 0 Å². The highest BCUT2D eigenvalue weighted by Crippen LogP contribution is 2.22. The van der Waals surface area contributed by atoms with Gasteiger partial charge in [0, 0.05) is 4.48 Å². The van der Waals surface area contributed by atoms with Gasteiger partial charge in [-0.15, -0.1) is 0 Å². The summed E-state index contributed by atoms with van der Waals surface area (Å²) in [5, 5.41) is 0. The molecule has 0 radical (unpaired) electrons. The SMILES string of the molecule is C[SiH](C)OCC(Br)=CCCCC(C)(C)C. The summed E-state index contributed by atoms with van der Waals surface area (Å²) in [6.07, 6.45) is 5.95. The fraction of sp³-hybridized carbons (Fsp3) is 0.833. The van der Waals surface area contributed by atoms with Crippen molar-refractivity contribution in [3.63, 3.8) is 0 Å². The van der Waals surface area contributed by atoms with E-state index in [1.165, 1.54) is 17.3 Å². The first kappa shape index (κ1) is 15.4. The zero-order valence-electron chi connectivity index (χ0n) is 10.8. The van der Waals surface area contributed by atoms with Crippen molar-refractivity contribution in [3.8, 4) is 0 Å². The molecule has 0 bridgehead atoms. The van der Waals surface area contributed by atoms with Crippen LogP contribution in [0.1, 0.15) is 40.0 Å². The molecule has 0 aliphatic heterocycles. The summed E-state index contributed by atoms with van der Waals surface area (Å²) in [6, 6.07) is 0. The average molecular weight is 293 g/mol. The van der Waals surface area contributed by atoms with Crippen LogP contribution in [0.15, 0.2) is 10.6 Å². The lowest BCUT2D eigenvalue weighted by molar-refractivity contribution is 0.364. The van der Waals surface area contributed by atoms with E-state index in [4.69, 9.17) is 4.43 Å². The molecular formula is C12H25BrOSi. The van der Waals surface area contributed by atoms with E-state index in [9.17, 15) is 0 Å². The van der Waals surface area contributed by atoms with Crippen LogP contribution in [0.5, 0.6) is 0 Å². The summed E-state index contributed by atoms with van der Waals surface area (Å²) in [5.74, 6) is 0.